The second kappa shape index (κ2) is 10.1. The van der Waals surface area contributed by atoms with Crippen LogP contribution in [0.2, 0.25) is 0 Å². The molecule has 0 atom stereocenters. The van der Waals surface area contributed by atoms with Crippen LogP contribution in [0, 0.1) is 19.3 Å². The molecule has 184 valence electrons. The first-order valence-corrected chi connectivity index (χ1v) is 12.7. The van der Waals surface area contributed by atoms with Gasteiger partial charge in [-0.05, 0) is 67.4 Å². The lowest BCUT2D eigenvalue weighted by atomic mass is 9.92. The number of nitrogens with one attached hydrogen (secondary N) is 1. The SMILES string of the molecule is Cc1cc(C)cc(NC(=O)c2ccc3c(=O)n(-c4ccccc4)c(SCC(=O)C(C)(C)C)nc3c2)c1. The number of hydrogen-bond acceptors (Lipinski definition) is 5. The minimum absolute atomic E-state index is 0.0584. The Bertz CT molecular complexity index is 1500. The van der Waals surface area contributed by atoms with Crippen LogP contribution in [0.15, 0.2) is 76.7 Å². The molecule has 36 heavy (non-hydrogen) atoms. The van der Waals surface area contributed by atoms with E-state index in [-0.39, 0.29) is 23.0 Å². The third-order valence-corrected chi connectivity index (χ3v) is 6.70. The van der Waals surface area contributed by atoms with Crippen molar-refractivity contribution in [2.75, 3.05) is 11.1 Å². The fraction of sp³-hybridized carbons (Fsp3) is 0.241. The highest BCUT2D eigenvalue weighted by Gasteiger charge is 2.23. The first-order chi connectivity index (χ1) is 17.0. The number of rotatable bonds is 6. The van der Waals surface area contributed by atoms with Crippen molar-refractivity contribution < 1.29 is 9.59 Å². The van der Waals surface area contributed by atoms with Crippen molar-refractivity contribution in [3.8, 4) is 5.69 Å². The van der Waals surface area contributed by atoms with Crippen molar-refractivity contribution in [1.29, 1.82) is 0 Å². The number of Topliss-reactive ketones (excluding diaryl/α,β-unsaturated/α-hetero) is 1. The molecule has 0 aliphatic heterocycles. The fourth-order valence-electron chi connectivity index (χ4n) is 3.80. The van der Waals surface area contributed by atoms with E-state index >= 15 is 0 Å². The molecule has 6 nitrogen and oxygen atoms in total. The van der Waals surface area contributed by atoms with E-state index in [1.807, 2.05) is 83.1 Å². The summed E-state index contributed by atoms with van der Waals surface area (Å²) in [7, 11) is 0. The first kappa shape index (κ1) is 25.4. The molecule has 0 fully saturated rings. The maximum absolute atomic E-state index is 13.6. The van der Waals surface area contributed by atoms with Gasteiger partial charge in [0.1, 0.15) is 5.78 Å². The van der Waals surface area contributed by atoms with Crippen LogP contribution in [0.25, 0.3) is 16.6 Å². The number of amides is 1. The summed E-state index contributed by atoms with van der Waals surface area (Å²) in [5.74, 6) is -0.0441. The topological polar surface area (TPSA) is 81.1 Å². The number of anilines is 1. The van der Waals surface area contributed by atoms with E-state index in [0.717, 1.165) is 11.1 Å². The van der Waals surface area contributed by atoms with Crippen LogP contribution in [0.1, 0.15) is 42.3 Å². The predicted molar refractivity (Wildman–Crippen MR) is 146 cm³/mol. The van der Waals surface area contributed by atoms with Gasteiger partial charge >= 0.3 is 0 Å². The smallest absolute Gasteiger partial charge is 0.266 e. The van der Waals surface area contributed by atoms with Gasteiger partial charge in [-0.1, -0.05) is 56.8 Å². The molecule has 1 amide bonds. The molecule has 4 aromatic rings. The molecule has 0 radical (unpaired) electrons. The Morgan fingerprint density at radius 3 is 2.25 bits per heavy atom. The zero-order chi connectivity index (χ0) is 26.0. The Morgan fingerprint density at radius 1 is 0.944 bits per heavy atom. The summed E-state index contributed by atoms with van der Waals surface area (Å²) in [4.78, 5) is 43.9. The number of para-hydroxylation sites is 1. The average molecular weight is 500 g/mol. The molecule has 0 unspecified atom stereocenters. The van der Waals surface area contributed by atoms with Gasteiger partial charge in [0.2, 0.25) is 0 Å². The molecule has 1 aromatic heterocycles. The third kappa shape index (κ3) is 5.57. The van der Waals surface area contributed by atoms with Crippen LogP contribution in [0.4, 0.5) is 5.69 Å². The maximum atomic E-state index is 13.6. The van der Waals surface area contributed by atoms with E-state index in [4.69, 9.17) is 4.98 Å². The number of hydrogen-bond donors (Lipinski definition) is 1. The second-order valence-electron chi connectivity index (χ2n) is 9.89. The monoisotopic (exact) mass is 499 g/mol. The molecular formula is C29H29N3O3S. The third-order valence-electron chi connectivity index (χ3n) is 5.76. The minimum atomic E-state index is -0.499. The number of aromatic nitrogens is 2. The van der Waals surface area contributed by atoms with Gasteiger partial charge in [-0.25, -0.2) is 4.98 Å². The fourth-order valence-corrected chi connectivity index (χ4v) is 4.98. The second-order valence-corrected chi connectivity index (χ2v) is 10.8. The number of fused-ring (bicyclic) bond motifs is 1. The van der Waals surface area contributed by atoms with Gasteiger partial charge in [0.25, 0.3) is 11.5 Å². The highest BCUT2D eigenvalue weighted by molar-refractivity contribution is 7.99. The van der Waals surface area contributed by atoms with Crippen molar-refractivity contribution in [3.63, 3.8) is 0 Å². The van der Waals surface area contributed by atoms with Gasteiger partial charge in [-0.2, -0.15) is 0 Å². The standard InChI is InChI=1S/C29H29N3O3S/c1-18-13-19(2)15-21(14-18)30-26(34)20-11-12-23-24(16-20)31-28(36-17-25(33)29(3,4)5)32(27(23)35)22-9-7-6-8-10-22/h6-16H,17H2,1-5H3,(H,30,34). The summed E-state index contributed by atoms with van der Waals surface area (Å²) in [6.45, 7) is 9.56. The lowest BCUT2D eigenvalue weighted by molar-refractivity contribution is -0.123. The molecule has 3 aromatic carbocycles. The summed E-state index contributed by atoms with van der Waals surface area (Å²) in [6.07, 6.45) is 0. The maximum Gasteiger partial charge on any atom is 0.266 e. The molecule has 7 heteroatoms. The van der Waals surface area contributed by atoms with Gasteiger partial charge in [0.15, 0.2) is 5.16 Å². The Hall–Kier alpha value is -3.71. The van der Waals surface area contributed by atoms with Gasteiger partial charge in [0.05, 0.1) is 22.3 Å². The zero-order valence-electron chi connectivity index (χ0n) is 21.1. The largest absolute Gasteiger partial charge is 0.322 e. The number of carbonyl (C=O) groups is 2. The van der Waals surface area contributed by atoms with Gasteiger partial charge in [-0.15, -0.1) is 0 Å². The number of benzene rings is 3. The predicted octanol–water partition coefficient (Wildman–Crippen LogP) is 5.96. The number of carbonyl (C=O) groups excluding carboxylic acids is 2. The number of aryl methyl sites for hydroxylation is 2. The van der Waals surface area contributed by atoms with Crippen LogP contribution in [0.3, 0.4) is 0 Å². The quantitative estimate of drug-likeness (QED) is 0.261. The molecule has 0 bridgehead atoms. The molecule has 1 N–H and O–H groups in total. The molecule has 0 aliphatic rings. The summed E-state index contributed by atoms with van der Waals surface area (Å²) >= 11 is 1.23. The highest BCUT2D eigenvalue weighted by Crippen LogP contribution is 2.25. The van der Waals surface area contributed by atoms with Crippen molar-refractivity contribution in [2.45, 2.75) is 39.8 Å². The summed E-state index contributed by atoms with van der Waals surface area (Å²) in [5, 5.41) is 3.73. The van der Waals surface area contributed by atoms with Crippen molar-refractivity contribution in [1.82, 2.24) is 9.55 Å². The van der Waals surface area contributed by atoms with Gasteiger partial charge in [0, 0.05) is 16.7 Å². The summed E-state index contributed by atoms with van der Waals surface area (Å²) < 4.78 is 1.53. The molecule has 1 heterocycles. The normalized spacial score (nSPS) is 11.5. The Morgan fingerprint density at radius 2 is 1.61 bits per heavy atom. The average Bonchev–Trinajstić information content (AvgIpc) is 2.81. The number of ketones is 1. The Kier molecular flexibility index (Phi) is 7.13. The van der Waals surface area contributed by atoms with E-state index in [9.17, 15) is 14.4 Å². The van der Waals surface area contributed by atoms with E-state index < -0.39 is 5.41 Å². The lowest BCUT2D eigenvalue weighted by Crippen LogP contribution is -2.25. The van der Waals surface area contributed by atoms with Crippen LogP contribution >= 0.6 is 11.8 Å². The van der Waals surface area contributed by atoms with Crippen LogP contribution in [0.5, 0.6) is 0 Å². The van der Waals surface area contributed by atoms with Gasteiger partial charge < -0.3 is 5.32 Å². The van der Waals surface area contributed by atoms with Crippen LogP contribution in [-0.4, -0.2) is 27.0 Å². The summed E-state index contributed by atoms with van der Waals surface area (Å²) in [6, 6.07) is 20.0. The van der Waals surface area contributed by atoms with E-state index in [2.05, 4.69) is 5.32 Å². The Balaban J connectivity index is 1.76. The highest BCUT2D eigenvalue weighted by atomic mass is 32.2. The number of thioether (sulfide) groups is 1. The molecule has 0 saturated heterocycles. The van der Waals surface area contributed by atoms with Crippen LogP contribution in [-0.2, 0) is 4.79 Å². The van der Waals surface area contributed by atoms with E-state index in [0.29, 0.717) is 33.0 Å². The molecule has 0 saturated carbocycles. The minimum Gasteiger partial charge on any atom is -0.322 e. The van der Waals surface area contributed by atoms with E-state index in [1.54, 1.807) is 18.2 Å². The molecular weight excluding hydrogens is 470 g/mol. The molecule has 0 aliphatic carbocycles. The zero-order valence-corrected chi connectivity index (χ0v) is 21.9. The van der Waals surface area contributed by atoms with Crippen molar-refractivity contribution in [2.24, 2.45) is 5.41 Å². The molecule has 4 rings (SSSR count). The Labute approximate surface area is 214 Å². The molecule has 0 spiro atoms. The van der Waals surface area contributed by atoms with Crippen molar-refractivity contribution in [3.05, 3.63) is 93.8 Å². The van der Waals surface area contributed by atoms with E-state index in [1.165, 1.54) is 16.3 Å². The summed E-state index contributed by atoms with van der Waals surface area (Å²) in [5.41, 5.74) is 3.54. The van der Waals surface area contributed by atoms with Crippen LogP contribution < -0.4 is 10.9 Å². The van der Waals surface area contributed by atoms with Crippen molar-refractivity contribution >= 4 is 40.0 Å². The number of nitrogens with zero attached hydrogens (tertiary/aromatic N) is 2. The lowest BCUT2D eigenvalue weighted by Gasteiger charge is -2.17. The van der Waals surface area contributed by atoms with Gasteiger partial charge in [-0.3, -0.25) is 19.0 Å². The first-order valence-electron chi connectivity index (χ1n) is 11.7.